The first-order valence-electron chi connectivity index (χ1n) is 15.0. The highest BCUT2D eigenvalue weighted by atomic mass is 15.0. The molecule has 0 amide bonds. The molecule has 9 rings (SSSR count). The van der Waals surface area contributed by atoms with Crippen molar-refractivity contribution in [3.05, 3.63) is 102 Å². The number of nitrogens with zero attached hydrogens (tertiary/aromatic N) is 5. The Morgan fingerprint density at radius 3 is 1.55 bits per heavy atom. The predicted octanol–water partition coefficient (Wildman–Crippen LogP) is 8.31. The minimum Gasteiger partial charge on any atom is -0.208 e. The smallest absolute Gasteiger partial charge is 0.164 e. The van der Waals surface area contributed by atoms with Crippen molar-refractivity contribution in [1.29, 1.82) is 10.5 Å². The Morgan fingerprint density at radius 1 is 0.524 bits per heavy atom. The molecule has 0 saturated heterocycles. The van der Waals surface area contributed by atoms with Gasteiger partial charge >= 0.3 is 0 Å². The molecule has 4 fully saturated rings. The van der Waals surface area contributed by atoms with Crippen molar-refractivity contribution in [3.8, 4) is 46.3 Å². The molecule has 1 heterocycles. The highest BCUT2D eigenvalue weighted by Gasteiger charge is 2.48. The lowest BCUT2D eigenvalue weighted by Crippen LogP contribution is -2.43. The van der Waals surface area contributed by atoms with Gasteiger partial charge in [-0.25, -0.2) is 15.0 Å². The van der Waals surface area contributed by atoms with Gasteiger partial charge in [0.2, 0.25) is 0 Å². The lowest BCUT2D eigenvalue weighted by Gasteiger charge is -2.54. The maximum absolute atomic E-state index is 9.30. The molecule has 1 aromatic heterocycles. The van der Waals surface area contributed by atoms with E-state index in [9.17, 15) is 10.5 Å². The van der Waals surface area contributed by atoms with Crippen LogP contribution in [0.5, 0.6) is 0 Å². The van der Waals surface area contributed by atoms with Crippen LogP contribution in [0, 0.1) is 46.3 Å². The zero-order valence-electron chi connectivity index (χ0n) is 23.2. The van der Waals surface area contributed by atoms with E-state index in [0.29, 0.717) is 34.5 Å². The van der Waals surface area contributed by atoms with E-state index in [1.807, 2.05) is 24.3 Å². The summed E-state index contributed by atoms with van der Waals surface area (Å²) in [4.78, 5) is 14.8. The SMILES string of the molecule is N#Cc1ccc(-c2nc(-c3ccc(C#N)cc3)nc(-c3ccc(C4C5CC6CC(C5)CC4C6)c4ccccc34)n2)cc1. The molecule has 202 valence electrons. The Bertz CT molecular complexity index is 1810. The standard InChI is InChI=1S/C37H29N5/c38-20-22-5-9-26(10-6-22)35-40-36(27-11-7-23(21-39)8-12-27)42-37(41-35)33-14-13-32(30-3-1-2-4-31(30)33)34-28-16-24-15-25(18-28)19-29(34)17-24/h1-14,24-25,28-29,34H,15-19H2. The lowest BCUT2D eigenvalue weighted by molar-refractivity contribution is -0.00230. The van der Waals surface area contributed by atoms with Crippen LogP contribution in [0.3, 0.4) is 0 Å². The van der Waals surface area contributed by atoms with E-state index in [1.165, 1.54) is 48.4 Å². The van der Waals surface area contributed by atoms with Crippen LogP contribution in [0.1, 0.15) is 54.7 Å². The fourth-order valence-electron chi connectivity index (χ4n) is 8.38. The molecule has 5 aromatic rings. The summed E-state index contributed by atoms with van der Waals surface area (Å²) in [5, 5.41) is 21.1. The summed E-state index contributed by atoms with van der Waals surface area (Å²) < 4.78 is 0. The van der Waals surface area contributed by atoms with E-state index in [0.717, 1.165) is 40.4 Å². The quantitative estimate of drug-likeness (QED) is 0.227. The molecule has 0 spiro atoms. The molecule has 0 atom stereocenters. The van der Waals surface area contributed by atoms with Crippen LogP contribution in [0.2, 0.25) is 0 Å². The summed E-state index contributed by atoms with van der Waals surface area (Å²) in [6.45, 7) is 0. The average molecular weight is 544 g/mol. The number of hydrogen-bond acceptors (Lipinski definition) is 5. The zero-order chi connectivity index (χ0) is 28.2. The van der Waals surface area contributed by atoms with Gasteiger partial charge in [-0.2, -0.15) is 10.5 Å². The second-order valence-corrected chi connectivity index (χ2v) is 12.4. The van der Waals surface area contributed by atoms with Crippen LogP contribution in [-0.2, 0) is 0 Å². The van der Waals surface area contributed by atoms with Gasteiger partial charge in [-0.3, -0.25) is 0 Å². The maximum Gasteiger partial charge on any atom is 0.164 e. The van der Waals surface area contributed by atoms with E-state index in [2.05, 4.69) is 48.5 Å². The highest BCUT2D eigenvalue weighted by molar-refractivity contribution is 5.97. The first kappa shape index (κ1) is 24.9. The zero-order valence-corrected chi connectivity index (χ0v) is 23.2. The molecular weight excluding hydrogens is 514 g/mol. The monoisotopic (exact) mass is 543 g/mol. The van der Waals surface area contributed by atoms with Gasteiger partial charge < -0.3 is 0 Å². The summed E-state index contributed by atoms with van der Waals surface area (Å²) in [5.41, 5.74) is 5.31. The van der Waals surface area contributed by atoms with Crippen molar-refractivity contribution in [2.24, 2.45) is 23.7 Å². The first-order valence-corrected chi connectivity index (χ1v) is 15.0. The van der Waals surface area contributed by atoms with Crippen molar-refractivity contribution in [1.82, 2.24) is 15.0 Å². The molecule has 42 heavy (non-hydrogen) atoms. The van der Waals surface area contributed by atoms with Crippen molar-refractivity contribution in [2.75, 3.05) is 0 Å². The third-order valence-corrected chi connectivity index (χ3v) is 9.96. The van der Waals surface area contributed by atoms with Crippen molar-refractivity contribution >= 4 is 10.8 Å². The van der Waals surface area contributed by atoms with Gasteiger partial charge in [0.05, 0.1) is 23.3 Å². The Hall–Kier alpha value is -4.87. The van der Waals surface area contributed by atoms with Gasteiger partial charge in [0.1, 0.15) is 0 Å². The van der Waals surface area contributed by atoms with Gasteiger partial charge in [-0.15, -0.1) is 0 Å². The molecule has 0 aliphatic heterocycles. The molecule has 4 saturated carbocycles. The van der Waals surface area contributed by atoms with Crippen LogP contribution in [0.4, 0.5) is 0 Å². The van der Waals surface area contributed by atoms with Gasteiger partial charge in [0, 0.05) is 16.7 Å². The molecule has 4 bridgehead atoms. The molecule has 4 aromatic carbocycles. The highest BCUT2D eigenvalue weighted by Crippen LogP contribution is 2.60. The minimum absolute atomic E-state index is 0.554. The van der Waals surface area contributed by atoms with E-state index in [4.69, 9.17) is 15.0 Å². The van der Waals surface area contributed by atoms with E-state index < -0.39 is 0 Å². The Labute approximate surface area is 245 Å². The molecular formula is C37H29N5. The summed E-state index contributed by atoms with van der Waals surface area (Å²) in [5.74, 6) is 5.87. The van der Waals surface area contributed by atoms with Crippen LogP contribution in [0.15, 0.2) is 84.9 Å². The number of hydrogen-bond donors (Lipinski definition) is 0. The van der Waals surface area contributed by atoms with Gasteiger partial charge in [0.25, 0.3) is 0 Å². The van der Waals surface area contributed by atoms with Crippen LogP contribution in [0.25, 0.3) is 44.9 Å². The van der Waals surface area contributed by atoms with Crippen LogP contribution >= 0.6 is 0 Å². The maximum atomic E-state index is 9.30. The number of benzene rings is 4. The molecule has 0 unspecified atom stereocenters. The first-order chi connectivity index (χ1) is 20.7. The second kappa shape index (κ2) is 9.89. The topological polar surface area (TPSA) is 86.2 Å². The summed E-state index contributed by atoms with van der Waals surface area (Å²) in [6.07, 6.45) is 7.03. The van der Waals surface area contributed by atoms with E-state index in [1.54, 1.807) is 24.3 Å². The third-order valence-electron chi connectivity index (χ3n) is 9.96. The molecule has 5 heteroatoms. The van der Waals surface area contributed by atoms with Crippen molar-refractivity contribution in [3.63, 3.8) is 0 Å². The molecule has 0 radical (unpaired) electrons. The third kappa shape index (κ3) is 4.16. The van der Waals surface area contributed by atoms with Gasteiger partial charge in [-0.05, 0) is 127 Å². The van der Waals surface area contributed by atoms with Crippen LogP contribution < -0.4 is 0 Å². The summed E-state index contributed by atoms with van der Waals surface area (Å²) >= 11 is 0. The van der Waals surface area contributed by atoms with Crippen molar-refractivity contribution < 1.29 is 0 Å². The summed E-state index contributed by atoms with van der Waals surface area (Å²) in [6, 6.07) is 32.4. The Kier molecular flexibility index (Phi) is 5.86. The van der Waals surface area contributed by atoms with Crippen LogP contribution in [-0.4, -0.2) is 15.0 Å². The number of rotatable bonds is 4. The average Bonchev–Trinajstić information content (AvgIpc) is 3.04. The van der Waals surface area contributed by atoms with Gasteiger partial charge in [0.15, 0.2) is 17.5 Å². The normalized spacial score (nSPS) is 23.9. The Morgan fingerprint density at radius 2 is 1.02 bits per heavy atom. The fourth-order valence-corrected chi connectivity index (χ4v) is 8.38. The molecule has 0 N–H and O–H groups in total. The minimum atomic E-state index is 0.554. The molecule has 4 aliphatic carbocycles. The number of aromatic nitrogens is 3. The fraction of sp³-hybridized carbons (Fsp3) is 0.270. The van der Waals surface area contributed by atoms with Crippen molar-refractivity contribution in [2.45, 2.75) is 38.0 Å². The number of fused-ring (bicyclic) bond motifs is 1. The Balaban J connectivity index is 1.28. The predicted molar refractivity (Wildman–Crippen MR) is 163 cm³/mol. The van der Waals surface area contributed by atoms with Gasteiger partial charge in [-0.1, -0.05) is 36.4 Å². The van der Waals surface area contributed by atoms with E-state index in [-0.39, 0.29) is 0 Å². The number of nitriles is 2. The molecule has 4 aliphatic rings. The second-order valence-electron chi connectivity index (χ2n) is 12.4. The largest absolute Gasteiger partial charge is 0.208 e. The van der Waals surface area contributed by atoms with E-state index >= 15 is 0 Å². The molecule has 5 nitrogen and oxygen atoms in total. The lowest BCUT2D eigenvalue weighted by atomic mass is 9.50. The summed E-state index contributed by atoms with van der Waals surface area (Å²) in [7, 11) is 0.